The van der Waals surface area contributed by atoms with Crippen LogP contribution in [0.2, 0.25) is 0 Å². The number of nitrogens with two attached hydrogens (primary N) is 1. The molecule has 0 saturated heterocycles. The van der Waals surface area contributed by atoms with E-state index in [9.17, 15) is 0 Å². The van der Waals surface area contributed by atoms with Crippen LogP contribution in [-0.2, 0) is 6.42 Å². The lowest BCUT2D eigenvalue weighted by molar-refractivity contribution is 0.874. The fourth-order valence-electron chi connectivity index (χ4n) is 1.17. The summed E-state index contributed by atoms with van der Waals surface area (Å²) in [5.41, 5.74) is 6.32. The quantitative estimate of drug-likeness (QED) is 0.730. The molecule has 0 aliphatic heterocycles. The molecule has 3 N–H and O–H groups in total. The molecule has 2 aromatic rings. The van der Waals surface area contributed by atoms with Crippen LogP contribution in [0.15, 0.2) is 24.5 Å². The van der Waals surface area contributed by atoms with Crippen molar-refractivity contribution >= 4 is 0 Å². The van der Waals surface area contributed by atoms with Crippen LogP contribution in [0.25, 0.3) is 11.4 Å². The Morgan fingerprint density at radius 1 is 1.43 bits per heavy atom. The van der Waals surface area contributed by atoms with E-state index < -0.39 is 0 Å². The molecule has 72 valence electrons. The standard InChI is InChI=1S/C9H11N5/c10-4-3-8-12-9(14-13-8)7-2-1-5-11-6-7/h1-2,5-6H,3-4,10H2,(H,12,13,14). The smallest absolute Gasteiger partial charge is 0.182 e. The summed E-state index contributed by atoms with van der Waals surface area (Å²) in [6.07, 6.45) is 4.17. The molecular formula is C9H11N5. The maximum Gasteiger partial charge on any atom is 0.182 e. The van der Waals surface area contributed by atoms with Crippen molar-refractivity contribution in [2.75, 3.05) is 6.54 Å². The Kier molecular flexibility index (Phi) is 2.51. The van der Waals surface area contributed by atoms with Gasteiger partial charge in [-0.3, -0.25) is 10.1 Å². The molecule has 0 spiro atoms. The summed E-state index contributed by atoms with van der Waals surface area (Å²) in [5, 5.41) is 6.91. The van der Waals surface area contributed by atoms with Crippen LogP contribution in [-0.4, -0.2) is 26.7 Å². The molecule has 2 heterocycles. The summed E-state index contributed by atoms with van der Waals surface area (Å²) in [5.74, 6) is 1.48. The van der Waals surface area contributed by atoms with Crippen LogP contribution in [0.3, 0.4) is 0 Å². The van der Waals surface area contributed by atoms with Crippen LogP contribution in [0.5, 0.6) is 0 Å². The van der Waals surface area contributed by atoms with E-state index in [0.717, 1.165) is 11.4 Å². The second-order valence-electron chi connectivity index (χ2n) is 2.89. The van der Waals surface area contributed by atoms with Crippen molar-refractivity contribution in [3.63, 3.8) is 0 Å². The van der Waals surface area contributed by atoms with Crippen LogP contribution in [0.4, 0.5) is 0 Å². The fraction of sp³-hybridized carbons (Fsp3) is 0.222. The normalized spacial score (nSPS) is 10.4. The monoisotopic (exact) mass is 189 g/mol. The van der Waals surface area contributed by atoms with E-state index in [0.29, 0.717) is 18.8 Å². The van der Waals surface area contributed by atoms with E-state index in [2.05, 4.69) is 20.2 Å². The molecule has 2 aromatic heterocycles. The average Bonchev–Trinajstić information content (AvgIpc) is 2.68. The van der Waals surface area contributed by atoms with Gasteiger partial charge in [0.05, 0.1) is 0 Å². The number of aromatic nitrogens is 4. The zero-order valence-corrected chi connectivity index (χ0v) is 7.64. The number of hydrogen-bond acceptors (Lipinski definition) is 4. The summed E-state index contributed by atoms with van der Waals surface area (Å²) in [4.78, 5) is 8.28. The van der Waals surface area contributed by atoms with Gasteiger partial charge in [-0.1, -0.05) is 0 Å². The van der Waals surface area contributed by atoms with Gasteiger partial charge in [0.15, 0.2) is 5.82 Å². The zero-order valence-electron chi connectivity index (χ0n) is 7.64. The number of nitrogens with one attached hydrogen (secondary N) is 1. The van der Waals surface area contributed by atoms with Crippen molar-refractivity contribution in [2.24, 2.45) is 5.73 Å². The minimum absolute atomic E-state index is 0.571. The number of aromatic amines is 1. The molecule has 0 aromatic carbocycles. The van der Waals surface area contributed by atoms with Crippen LogP contribution in [0.1, 0.15) is 5.82 Å². The molecule has 0 bridgehead atoms. The Hall–Kier alpha value is -1.75. The highest BCUT2D eigenvalue weighted by Gasteiger charge is 2.04. The van der Waals surface area contributed by atoms with E-state index in [1.807, 2.05) is 12.1 Å². The van der Waals surface area contributed by atoms with Crippen molar-refractivity contribution in [1.82, 2.24) is 20.2 Å². The van der Waals surface area contributed by atoms with Gasteiger partial charge in [-0.2, -0.15) is 5.10 Å². The molecule has 2 rings (SSSR count). The van der Waals surface area contributed by atoms with Crippen molar-refractivity contribution in [3.05, 3.63) is 30.4 Å². The number of H-pyrrole nitrogens is 1. The number of pyridine rings is 1. The van der Waals surface area contributed by atoms with E-state index >= 15 is 0 Å². The minimum Gasteiger partial charge on any atom is -0.330 e. The van der Waals surface area contributed by atoms with Crippen molar-refractivity contribution in [2.45, 2.75) is 6.42 Å². The summed E-state index contributed by atoms with van der Waals surface area (Å²) in [6, 6.07) is 3.77. The van der Waals surface area contributed by atoms with Crippen LogP contribution in [0, 0.1) is 0 Å². The second-order valence-corrected chi connectivity index (χ2v) is 2.89. The molecule has 14 heavy (non-hydrogen) atoms. The molecule has 0 saturated carbocycles. The molecule has 0 amide bonds. The molecule has 0 aliphatic carbocycles. The summed E-state index contributed by atoms with van der Waals surface area (Å²) in [7, 11) is 0. The van der Waals surface area contributed by atoms with E-state index in [4.69, 9.17) is 5.73 Å². The van der Waals surface area contributed by atoms with E-state index in [-0.39, 0.29) is 0 Å². The van der Waals surface area contributed by atoms with Gasteiger partial charge in [-0.05, 0) is 18.7 Å². The summed E-state index contributed by atoms with van der Waals surface area (Å²) >= 11 is 0. The van der Waals surface area contributed by atoms with Crippen LogP contribution < -0.4 is 5.73 Å². The van der Waals surface area contributed by atoms with Gasteiger partial charge in [0.2, 0.25) is 0 Å². The Balaban J connectivity index is 2.25. The maximum atomic E-state index is 5.41. The number of rotatable bonds is 3. The van der Waals surface area contributed by atoms with Gasteiger partial charge in [-0.25, -0.2) is 4.98 Å². The largest absolute Gasteiger partial charge is 0.330 e. The molecule has 0 radical (unpaired) electrons. The number of nitrogens with zero attached hydrogens (tertiary/aromatic N) is 3. The zero-order chi connectivity index (χ0) is 9.80. The molecule has 5 nitrogen and oxygen atoms in total. The molecular weight excluding hydrogens is 178 g/mol. The molecule has 0 fully saturated rings. The third-order valence-electron chi connectivity index (χ3n) is 1.83. The first-order valence-corrected chi connectivity index (χ1v) is 4.42. The van der Waals surface area contributed by atoms with Gasteiger partial charge in [0.25, 0.3) is 0 Å². The van der Waals surface area contributed by atoms with Crippen molar-refractivity contribution in [1.29, 1.82) is 0 Å². The molecule has 0 aliphatic rings. The first kappa shape index (κ1) is 8.83. The lowest BCUT2D eigenvalue weighted by atomic mass is 10.3. The van der Waals surface area contributed by atoms with Crippen molar-refractivity contribution < 1.29 is 0 Å². The first-order chi connectivity index (χ1) is 6.90. The van der Waals surface area contributed by atoms with Gasteiger partial charge < -0.3 is 5.73 Å². The SMILES string of the molecule is NCCc1nc(-c2cccnc2)n[nH]1. The van der Waals surface area contributed by atoms with E-state index in [1.165, 1.54) is 0 Å². The first-order valence-electron chi connectivity index (χ1n) is 4.42. The highest BCUT2D eigenvalue weighted by atomic mass is 15.2. The predicted octanol–water partition coefficient (Wildman–Crippen LogP) is 0.368. The third-order valence-corrected chi connectivity index (χ3v) is 1.83. The average molecular weight is 189 g/mol. The maximum absolute atomic E-state index is 5.41. The van der Waals surface area contributed by atoms with Gasteiger partial charge in [-0.15, -0.1) is 0 Å². The van der Waals surface area contributed by atoms with Gasteiger partial charge in [0, 0.05) is 24.4 Å². The molecule has 0 atom stereocenters. The van der Waals surface area contributed by atoms with Gasteiger partial charge >= 0.3 is 0 Å². The number of hydrogen-bond donors (Lipinski definition) is 2. The second kappa shape index (κ2) is 3.97. The Bertz CT molecular complexity index is 395. The highest BCUT2D eigenvalue weighted by Crippen LogP contribution is 2.11. The van der Waals surface area contributed by atoms with Crippen molar-refractivity contribution in [3.8, 4) is 11.4 Å². The van der Waals surface area contributed by atoms with E-state index in [1.54, 1.807) is 12.4 Å². The van der Waals surface area contributed by atoms with Gasteiger partial charge in [0.1, 0.15) is 5.82 Å². The summed E-state index contributed by atoms with van der Waals surface area (Å²) in [6.45, 7) is 0.571. The highest BCUT2D eigenvalue weighted by molar-refractivity contribution is 5.52. The fourth-order valence-corrected chi connectivity index (χ4v) is 1.17. The topological polar surface area (TPSA) is 80.5 Å². The summed E-state index contributed by atoms with van der Waals surface area (Å²) < 4.78 is 0. The third kappa shape index (κ3) is 1.77. The Labute approximate surface area is 81.4 Å². The lowest BCUT2D eigenvalue weighted by Gasteiger charge is -1.91. The Morgan fingerprint density at radius 2 is 2.36 bits per heavy atom. The molecule has 5 heteroatoms. The predicted molar refractivity (Wildman–Crippen MR) is 52.4 cm³/mol. The molecule has 0 unspecified atom stereocenters. The lowest BCUT2D eigenvalue weighted by Crippen LogP contribution is -2.03. The van der Waals surface area contributed by atoms with Crippen LogP contribution >= 0.6 is 0 Å². The Morgan fingerprint density at radius 3 is 3.07 bits per heavy atom. The minimum atomic E-state index is 0.571.